The summed E-state index contributed by atoms with van der Waals surface area (Å²) in [5.74, 6) is -0.913. The largest absolute Gasteiger partial charge is 0.480 e. The molecule has 2 aromatic carbocycles. The van der Waals surface area contributed by atoms with Gasteiger partial charge in [0.1, 0.15) is 0 Å². The predicted molar refractivity (Wildman–Crippen MR) is 123 cm³/mol. The minimum Gasteiger partial charge on any atom is -0.480 e. The number of amides is 1. The second-order valence-electron chi connectivity index (χ2n) is 7.26. The molecular formula is C23H17F3N4O5S. The average Bonchev–Trinajstić information content (AvgIpc) is 3.35. The zero-order valence-electron chi connectivity index (χ0n) is 18.4. The van der Waals surface area contributed by atoms with Gasteiger partial charge in [-0.15, -0.1) is 0 Å². The van der Waals surface area contributed by atoms with Gasteiger partial charge in [-0.1, -0.05) is 18.2 Å². The van der Waals surface area contributed by atoms with Crippen LogP contribution in [-0.2, 0) is 16.2 Å². The first-order valence-corrected chi connectivity index (χ1v) is 11.6. The van der Waals surface area contributed by atoms with Crippen LogP contribution in [0.15, 0.2) is 82.4 Å². The molecule has 4 rings (SSSR count). The van der Waals surface area contributed by atoms with Crippen LogP contribution in [0.1, 0.15) is 16.1 Å². The number of pyridine rings is 1. The third kappa shape index (κ3) is 5.46. The maximum absolute atomic E-state index is 12.9. The van der Waals surface area contributed by atoms with Gasteiger partial charge in [-0.25, -0.2) is 18.4 Å². The summed E-state index contributed by atoms with van der Waals surface area (Å²) in [4.78, 5) is 20.1. The van der Waals surface area contributed by atoms with Crippen LogP contribution in [0.25, 0.3) is 11.5 Å². The number of carbonyl (C=O) groups excluding carboxylic acids is 1. The first-order chi connectivity index (χ1) is 17.1. The van der Waals surface area contributed by atoms with Gasteiger partial charge in [0.25, 0.3) is 15.9 Å². The lowest BCUT2D eigenvalue weighted by atomic mass is 10.2. The Labute approximate surface area is 203 Å². The van der Waals surface area contributed by atoms with Crippen LogP contribution >= 0.6 is 0 Å². The van der Waals surface area contributed by atoms with Crippen molar-refractivity contribution in [1.82, 2.24) is 9.97 Å². The maximum atomic E-state index is 12.9. The molecule has 1 amide bonds. The zero-order chi connectivity index (χ0) is 25.9. The summed E-state index contributed by atoms with van der Waals surface area (Å²) in [5, 5.41) is 2.47. The molecule has 13 heteroatoms. The predicted octanol–water partition coefficient (Wildman–Crippen LogP) is 4.82. The quantitative estimate of drug-likeness (QED) is 0.360. The van der Waals surface area contributed by atoms with E-state index in [2.05, 4.69) is 20.0 Å². The highest BCUT2D eigenvalue weighted by molar-refractivity contribution is 7.92. The number of aromatic nitrogens is 2. The van der Waals surface area contributed by atoms with Crippen LogP contribution in [0.3, 0.4) is 0 Å². The minimum atomic E-state index is -4.57. The zero-order valence-corrected chi connectivity index (χ0v) is 19.2. The lowest BCUT2D eigenvalue weighted by molar-refractivity contribution is -0.137. The Bertz CT molecular complexity index is 1490. The normalized spacial score (nSPS) is 11.7. The van der Waals surface area contributed by atoms with Gasteiger partial charge in [0, 0.05) is 11.3 Å². The molecule has 0 bridgehead atoms. The molecule has 0 aliphatic rings. The minimum absolute atomic E-state index is 0.00810. The number of carbonyl (C=O) groups is 1. The summed E-state index contributed by atoms with van der Waals surface area (Å²) in [6, 6.07) is 13.4. The van der Waals surface area contributed by atoms with Crippen molar-refractivity contribution in [2.45, 2.75) is 11.1 Å². The fraction of sp³-hybridized carbons (Fsp3) is 0.0870. The summed E-state index contributed by atoms with van der Waals surface area (Å²) in [7, 11) is -3.17. The summed E-state index contributed by atoms with van der Waals surface area (Å²) in [6.07, 6.45) is -2.18. The molecule has 0 unspecified atom stereocenters. The topological polar surface area (TPSA) is 123 Å². The van der Waals surface area contributed by atoms with E-state index in [9.17, 15) is 26.4 Å². The number of anilines is 2. The Balaban J connectivity index is 1.55. The molecule has 2 N–H and O–H groups in total. The van der Waals surface area contributed by atoms with Crippen molar-refractivity contribution in [2.75, 3.05) is 17.1 Å². The molecule has 4 aromatic rings. The van der Waals surface area contributed by atoms with Crippen LogP contribution in [0.2, 0.25) is 0 Å². The van der Waals surface area contributed by atoms with Crippen molar-refractivity contribution < 1.29 is 35.5 Å². The molecule has 0 aliphatic heterocycles. The van der Waals surface area contributed by atoms with E-state index in [1.54, 1.807) is 24.3 Å². The molecule has 0 radical (unpaired) electrons. The van der Waals surface area contributed by atoms with Gasteiger partial charge in [-0.3, -0.25) is 9.52 Å². The van der Waals surface area contributed by atoms with Gasteiger partial charge in [0.05, 0.1) is 30.8 Å². The number of hydrogen-bond donors (Lipinski definition) is 2. The second-order valence-corrected chi connectivity index (χ2v) is 8.91. The number of nitrogens with zero attached hydrogens (tertiary/aromatic N) is 2. The van der Waals surface area contributed by atoms with E-state index in [0.29, 0.717) is 5.56 Å². The van der Waals surface area contributed by atoms with Crippen molar-refractivity contribution >= 4 is 27.3 Å². The average molecular weight is 518 g/mol. The van der Waals surface area contributed by atoms with Crippen LogP contribution in [0, 0.1) is 0 Å². The number of halogens is 3. The Kier molecular flexibility index (Phi) is 6.66. The van der Waals surface area contributed by atoms with Gasteiger partial charge in [0.15, 0.2) is 4.90 Å². The molecule has 2 aromatic heterocycles. The number of oxazole rings is 1. The Morgan fingerprint density at radius 3 is 2.31 bits per heavy atom. The van der Waals surface area contributed by atoms with E-state index < -0.39 is 32.6 Å². The number of ether oxygens (including phenoxy) is 1. The molecule has 186 valence electrons. The molecule has 36 heavy (non-hydrogen) atoms. The van der Waals surface area contributed by atoms with E-state index in [1.807, 2.05) is 6.07 Å². The summed E-state index contributed by atoms with van der Waals surface area (Å²) < 4.78 is 76.8. The van der Waals surface area contributed by atoms with E-state index >= 15 is 0 Å². The number of methoxy groups -OCH3 is 1. The van der Waals surface area contributed by atoms with Crippen LogP contribution in [0.5, 0.6) is 5.88 Å². The lowest BCUT2D eigenvalue weighted by Crippen LogP contribution is -2.17. The van der Waals surface area contributed by atoms with Crippen molar-refractivity contribution in [2.24, 2.45) is 0 Å². The molecular weight excluding hydrogens is 501 g/mol. The molecule has 0 saturated heterocycles. The molecule has 0 aliphatic carbocycles. The SMILES string of the molecule is COc1ncc(NC(=O)c2cnc(-c3ccccc3)o2)cc1S(=O)(=O)Nc1ccc(C(F)(F)F)cc1. The summed E-state index contributed by atoms with van der Waals surface area (Å²) in [5.41, 5.74) is -0.400. The van der Waals surface area contributed by atoms with Gasteiger partial charge >= 0.3 is 6.18 Å². The van der Waals surface area contributed by atoms with Gasteiger partial charge in [-0.2, -0.15) is 13.2 Å². The van der Waals surface area contributed by atoms with Gasteiger partial charge in [0.2, 0.25) is 17.5 Å². The lowest BCUT2D eigenvalue weighted by Gasteiger charge is -2.13. The third-order valence-corrected chi connectivity index (χ3v) is 6.15. The highest BCUT2D eigenvalue weighted by Crippen LogP contribution is 2.31. The van der Waals surface area contributed by atoms with E-state index in [0.717, 1.165) is 30.3 Å². The Morgan fingerprint density at radius 1 is 0.972 bits per heavy atom. The number of alkyl halides is 3. The number of nitrogens with one attached hydrogen (secondary N) is 2. The first kappa shape index (κ1) is 24.7. The maximum Gasteiger partial charge on any atom is 0.416 e. The molecule has 0 saturated carbocycles. The van der Waals surface area contributed by atoms with Gasteiger partial charge in [-0.05, 0) is 42.5 Å². The van der Waals surface area contributed by atoms with E-state index in [4.69, 9.17) is 9.15 Å². The molecule has 0 spiro atoms. The van der Waals surface area contributed by atoms with Crippen LogP contribution < -0.4 is 14.8 Å². The fourth-order valence-corrected chi connectivity index (χ4v) is 4.27. The smallest absolute Gasteiger partial charge is 0.416 e. The van der Waals surface area contributed by atoms with Crippen molar-refractivity contribution in [3.63, 3.8) is 0 Å². The standard InChI is InChI=1S/C23H17F3N4O5S/c1-34-22-19(36(32,33)30-16-9-7-15(8-10-16)23(24,25)26)11-17(12-27-22)29-20(31)18-13-28-21(35-18)14-5-3-2-4-6-14/h2-13,30H,1H3,(H,29,31). The molecule has 0 atom stereocenters. The van der Waals surface area contributed by atoms with Gasteiger partial charge < -0.3 is 14.5 Å². The van der Waals surface area contributed by atoms with Crippen molar-refractivity contribution in [3.8, 4) is 17.3 Å². The molecule has 0 fully saturated rings. The monoisotopic (exact) mass is 518 g/mol. The molecule has 2 heterocycles. The van der Waals surface area contributed by atoms with Crippen molar-refractivity contribution in [1.29, 1.82) is 0 Å². The van der Waals surface area contributed by atoms with E-state index in [-0.39, 0.29) is 28.9 Å². The fourth-order valence-electron chi connectivity index (χ4n) is 3.07. The van der Waals surface area contributed by atoms with Crippen molar-refractivity contribution in [3.05, 3.63) is 84.4 Å². The second kappa shape index (κ2) is 9.70. The highest BCUT2D eigenvalue weighted by Gasteiger charge is 2.30. The highest BCUT2D eigenvalue weighted by atomic mass is 32.2. The number of benzene rings is 2. The Hall–Kier alpha value is -4.39. The number of hydrogen-bond acceptors (Lipinski definition) is 7. The van der Waals surface area contributed by atoms with Crippen LogP contribution in [0.4, 0.5) is 24.5 Å². The van der Waals surface area contributed by atoms with E-state index in [1.165, 1.54) is 19.5 Å². The first-order valence-electron chi connectivity index (χ1n) is 10.1. The molecule has 9 nitrogen and oxygen atoms in total. The summed E-state index contributed by atoms with van der Waals surface area (Å²) >= 11 is 0. The Morgan fingerprint density at radius 2 is 1.67 bits per heavy atom. The summed E-state index contributed by atoms with van der Waals surface area (Å²) in [6.45, 7) is 0. The number of rotatable bonds is 7. The third-order valence-electron chi connectivity index (χ3n) is 4.77. The number of sulfonamides is 1. The van der Waals surface area contributed by atoms with Crippen LogP contribution in [-0.4, -0.2) is 31.4 Å².